The number of nitrogens with one attached hydrogen (secondary N) is 1. The fourth-order valence-electron chi connectivity index (χ4n) is 1.87. The van der Waals surface area contributed by atoms with Crippen LogP contribution in [0.1, 0.15) is 11.1 Å². The summed E-state index contributed by atoms with van der Waals surface area (Å²) in [7, 11) is 0. The molecule has 1 N–H and O–H groups in total. The third kappa shape index (κ3) is 4.64. The lowest BCUT2D eigenvalue weighted by molar-refractivity contribution is -0.146. The fraction of sp³-hybridized carbons (Fsp3) is 0.118. The molecule has 0 bridgehead atoms. The van der Waals surface area contributed by atoms with Gasteiger partial charge in [-0.3, -0.25) is 9.59 Å². The lowest BCUT2D eigenvalue weighted by Gasteiger charge is -2.08. The van der Waals surface area contributed by atoms with E-state index in [0.29, 0.717) is 11.3 Å². The number of rotatable bonds is 5. The van der Waals surface area contributed by atoms with Crippen LogP contribution >= 0.6 is 0 Å². The normalized spacial score (nSPS) is 9.74. The van der Waals surface area contributed by atoms with Gasteiger partial charge in [-0.15, -0.1) is 0 Å². The van der Waals surface area contributed by atoms with Gasteiger partial charge in [0.25, 0.3) is 5.91 Å². The molecule has 2 aromatic carbocycles. The minimum atomic E-state index is -0.709. The molecule has 0 spiro atoms. The molecule has 23 heavy (non-hydrogen) atoms. The monoisotopic (exact) mass is 312 g/mol. The van der Waals surface area contributed by atoms with Crippen molar-refractivity contribution in [3.63, 3.8) is 0 Å². The molecular formula is C17H13FN2O3. The maximum Gasteiger partial charge on any atom is 0.310 e. The van der Waals surface area contributed by atoms with Crippen LogP contribution in [0.25, 0.3) is 0 Å². The third-order valence-corrected chi connectivity index (χ3v) is 2.98. The second-order valence-electron chi connectivity index (χ2n) is 4.63. The number of ether oxygens (including phenoxy) is 1. The molecular weight excluding hydrogens is 299 g/mol. The van der Waals surface area contributed by atoms with Gasteiger partial charge in [0.05, 0.1) is 17.7 Å². The van der Waals surface area contributed by atoms with E-state index in [1.54, 1.807) is 30.3 Å². The molecule has 0 heterocycles. The number of halogens is 1. The predicted octanol–water partition coefficient (Wildman–Crippen LogP) is 2.42. The Bertz CT molecular complexity index is 768. The average molecular weight is 312 g/mol. The first-order valence-electron chi connectivity index (χ1n) is 6.78. The van der Waals surface area contributed by atoms with Crippen LogP contribution in [0.5, 0.6) is 0 Å². The van der Waals surface area contributed by atoms with Crippen LogP contribution < -0.4 is 5.32 Å². The highest BCUT2D eigenvalue weighted by molar-refractivity contribution is 5.94. The second kappa shape index (κ2) is 7.71. The summed E-state index contributed by atoms with van der Waals surface area (Å²) in [5.41, 5.74) is 0.844. The van der Waals surface area contributed by atoms with Crippen molar-refractivity contribution >= 4 is 17.6 Å². The van der Waals surface area contributed by atoms with E-state index in [2.05, 4.69) is 5.32 Å². The van der Waals surface area contributed by atoms with E-state index < -0.39 is 24.3 Å². The van der Waals surface area contributed by atoms with Gasteiger partial charge in [-0.05, 0) is 23.8 Å². The summed E-state index contributed by atoms with van der Waals surface area (Å²) in [6.07, 6.45) is -0.255. The number of carbonyl (C=O) groups excluding carboxylic acids is 2. The van der Waals surface area contributed by atoms with E-state index in [1.165, 1.54) is 18.2 Å². The molecule has 0 aliphatic heterocycles. The predicted molar refractivity (Wildman–Crippen MR) is 80.8 cm³/mol. The number of amides is 1. The molecule has 116 valence electrons. The number of nitrogens with zero attached hydrogens (tertiary/aromatic N) is 1. The first-order valence-corrected chi connectivity index (χ1v) is 6.78. The maximum absolute atomic E-state index is 13.4. The van der Waals surface area contributed by atoms with E-state index in [4.69, 9.17) is 10.00 Å². The topological polar surface area (TPSA) is 79.2 Å². The Hall–Kier alpha value is -3.20. The van der Waals surface area contributed by atoms with Gasteiger partial charge in [0, 0.05) is 0 Å². The minimum absolute atomic E-state index is 0.202. The largest absolute Gasteiger partial charge is 0.455 e. The van der Waals surface area contributed by atoms with E-state index in [0.717, 1.165) is 0 Å². The molecule has 0 radical (unpaired) electrons. The van der Waals surface area contributed by atoms with Gasteiger partial charge in [0.2, 0.25) is 0 Å². The van der Waals surface area contributed by atoms with E-state index >= 15 is 0 Å². The molecule has 0 saturated carbocycles. The van der Waals surface area contributed by atoms with Crippen LogP contribution in [0.3, 0.4) is 0 Å². The highest BCUT2D eigenvalue weighted by atomic mass is 19.1. The van der Waals surface area contributed by atoms with Gasteiger partial charge in [0.15, 0.2) is 6.61 Å². The van der Waals surface area contributed by atoms with Crippen LogP contribution in [0.15, 0.2) is 48.5 Å². The van der Waals surface area contributed by atoms with Crippen molar-refractivity contribution in [1.82, 2.24) is 0 Å². The molecule has 0 atom stereocenters. The Labute approximate surface area is 132 Å². The number of hydrogen-bond acceptors (Lipinski definition) is 4. The molecule has 0 unspecified atom stereocenters. The van der Waals surface area contributed by atoms with Crippen molar-refractivity contribution in [1.29, 1.82) is 5.26 Å². The quantitative estimate of drug-likeness (QED) is 0.860. The van der Waals surface area contributed by atoms with Crippen LogP contribution in [0, 0.1) is 17.1 Å². The molecule has 2 aromatic rings. The number of carbonyl (C=O) groups is 2. The van der Waals surface area contributed by atoms with Gasteiger partial charge in [0.1, 0.15) is 11.9 Å². The Balaban J connectivity index is 1.86. The SMILES string of the molecule is N#Cc1ccccc1NC(=O)COC(=O)Cc1ccccc1F. The summed E-state index contributed by atoms with van der Waals surface area (Å²) in [6.45, 7) is -0.507. The van der Waals surface area contributed by atoms with Gasteiger partial charge < -0.3 is 10.1 Å². The van der Waals surface area contributed by atoms with Crippen LogP contribution in [0.4, 0.5) is 10.1 Å². The van der Waals surface area contributed by atoms with Gasteiger partial charge in [-0.25, -0.2) is 4.39 Å². The summed E-state index contributed by atoms with van der Waals surface area (Å²) in [5.74, 6) is -1.79. The Morgan fingerprint density at radius 3 is 2.57 bits per heavy atom. The molecule has 0 aliphatic carbocycles. The van der Waals surface area contributed by atoms with Crippen molar-refractivity contribution in [2.24, 2.45) is 0 Å². The molecule has 2 rings (SSSR count). The minimum Gasteiger partial charge on any atom is -0.455 e. The summed E-state index contributed by atoms with van der Waals surface area (Å²) >= 11 is 0. The zero-order chi connectivity index (χ0) is 16.7. The maximum atomic E-state index is 13.4. The molecule has 5 nitrogen and oxygen atoms in total. The zero-order valence-electron chi connectivity index (χ0n) is 12.1. The summed E-state index contributed by atoms with van der Waals surface area (Å²) < 4.78 is 18.2. The van der Waals surface area contributed by atoms with Crippen molar-refractivity contribution in [3.05, 3.63) is 65.5 Å². The number of hydrogen-bond donors (Lipinski definition) is 1. The van der Waals surface area contributed by atoms with Crippen molar-refractivity contribution in [2.45, 2.75) is 6.42 Å². The molecule has 0 aromatic heterocycles. The van der Waals surface area contributed by atoms with Gasteiger partial charge >= 0.3 is 5.97 Å². The number of benzene rings is 2. The number of para-hydroxylation sites is 1. The van der Waals surface area contributed by atoms with Crippen molar-refractivity contribution in [2.75, 3.05) is 11.9 Å². The van der Waals surface area contributed by atoms with Crippen LogP contribution in [-0.4, -0.2) is 18.5 Å². The van der Waals surface area contributed by atoms with Crippen molar-refractivity contribution in [3.8, 4) is 6.07 Å². The van der Waals surface area contributed by atoms with Crippen LogP contribution in [-0.2, 0) is 20.7 Å². The molecule has 0 aliphatic rings. The molecule has 1 amide bonds. The third-order valence-electron chi connectivity index (χ3n) is 2.98. The molecule has 0 fully saturated rings. The highest BCUT2D eigenvalue weighted by Gasteiger charge is 2.12. The lowest BCUT2D eigenvalue weighted by Crippen LogP contribution is -2.22. The van der Waals surface area contributed by atoms with Gasteiger partial charge in [-0.1, -0.05) is 30.3 Å². The smallest absolute Gasteiger partial charge is 0.310 e. The number of anilines is 1. The van der Waals surface area contributed by atoms with E-state index in [9.17, 15) is 14.0 Å². The lowest BCUT2D eigenvalue weighted by atomic mass is 10.1. The van der Waals surface area contributed by atoms with E-state index in [-0.39, 0.29) is 12.0 Å². The number of esters is 1. The first kappa shape index (κ1) is 16.2. The van der Waals surface area contributed by atoms with Gasteiger partial charge in [-0.2, -0.15) is 5.26 Å². The highest BCUT2D eigenvalue weighted by Crippen LogP contribution is 2.13. The van der Waals surface area contributed by atoms with Crippen LogP contribution in [0.2, 0.25) is 0 Å². The second-order valence-corrected chi connectivity index (χ2v) is 4.63. The summed E-state index contributed by atoms with van der Waals surface area (Å²) in [4.78, 5) is 23.4. The number of nitriles is 1. The van der Waals surface area contributed by atoms with E-state index in [1.807, 2.05) is 6.07 Å². The summed E-state index contributed by atoms with van der Waals surface area (Å²) in [5, 5.41) is 11.4. The van der Waals surface area contributed by atoms with Crippen molar-refractivity contribution < 1.29 is 18.7 Å². The Morgan fingerprint density at radius 1 is 1.13 bits per heavy atom. The standard InChI is InChI=1S/C17H13FN2O3/c18-14-7-3-1-5-12(14)9-17(22)23-11-16(21)20-15-8-4-2-6-13(15)10-19/h1-8H,9,11H2,(H,20,21). The molecule has 6 heteroatoms. The first-order chi connectivity index (χ1) is 11.1. The Morgan fingerprint density at radius 2 is 1.83 bits per heavy atom. The Kier molecular flexibility index (Phi) is 5.42. The average Bonchev–Trinajstić information content (AvgIpc) is 2.55. The fourth-order valence-corrected chi connectivity index (χ4v) is 1.87. The summed E-state index contributed by atoms with van der Waals surface area (Å²) in [6, 6.07) is 14.2. The molecule has 0 saturated heterocycles. The zero-order valence-corrected chi connectivity index (χ0v) is 12.1.